The van der Waals surface area contributed by atoms with E-state index in [0.29, 0.717) is 41.5 Å². The molecular weight excluding hydrogens is 468 g/mol. The maximum Gasteiger partial charge on any atom is 0.274 e. The van der Waals surface area contributed by atoms with E-state index in [0.717, 1.165) is 5.56 Å². The lowest BCUT2D eigenvalue weighted by Crippen LogP contribution is -2.50. The molecule has 1 fully saturated rings. The van der Waals surface area contributed by atoms with Crippen LogP contribution in [0.2, 0.25) is 0 Å². The molecule has 2 aromatic heterocycles. The average Bonchev–Trinajstić information content (AvgIpc) is 3.28. The minimum absolute atomic E-state index is 0.116. The topological polar surface area (TPSA) is 117 Å². The molecular formula is C25H25F2N7O2. The van der Waals surface area contributed by atoms with Crippen molar-refractivity contribution in [1.82, 2.24) is 14.3 Å². The normalized spacial score (nSPS) is 18.0. The number of nitrogens with zero attached hydrogens (tertiary/aromatic N) is 5. The van der Waals surface area contributed by atoms with Crippen molar-refractivity contribution in [3.05, 3.63) is 65.6 Å². The van der Waals surface area contributed by atoms with Crippen molar-refractivity contribution >= 4 is 34.8 Å². The van der Waals surface area contributed by atoms with Crippen molar-refractivity contribution in [2.75, 3.05) is 25.0 Å². The summed E-state index contributed by atoms with van der Waals surface area (Å²) in [6.45, 7) is 2.67. The summed E-state index contributed by atoms with van der Waals surface area (Å²) in [6.07, 6.45) is 2.46. The van der Waals surface area contributed by atoms with E-state index in [1.165, 1.54) is 11.1 Å². The zero-order valence-corrected chi connectivity index (χ0v) is 19.6. The summed E-state index contributed by atoms with van der Waals surface area (Å²) in [5.74, 6) is -3.50. The summed E-state index contributed by atoms with van der Waals surface area (Å²) >= 11 is 0. The minimum atomic E-state index is -2.75. The number of fused-ring (bicyclic) bond motifs is 1. The predicted octanol–water partition coefficient (Wildman–Crippen LogP) is 2.89. The van der Waals surface area contributed by atoms with Crippen LogP contribution in [0.4, 0.5) is 14.5 Å². The molecule has 0 bridgehead atoms. The molecule has 9 nitrogen and oxygen atoms in total. The van der Waals surface area contributed by atoms with Gasteiger partial charge in [-0.25, -0.2) is 18.8 Å². The fraction of sp³-hybridized carbons (Fsp3) is 0.320. The van der Waals surface area contributed by atoms with Crippen LogP contribution in [0.5, 0.6) is 0 Å². The van der Waals surface area contributed by atoms with Crippen LogP contribution in [0.25, 0.3) is 5.65 Å². The molecule has 36 heavy (non-hydrogen) atoms. The lowest BCUT2D eigenvalue weighted by Gasteiger charge is -2.37. The third-order valence-corrected chi connectivity index (χ3v) is 6.43. The van der Waals surface area contributed by atoms with Crippen LogP contribution in [0, 0.1) is 12.8 Å². The number of amides is 2. The van der Waals surface area contributed by atoms with Gasteiger partial charge in [0.15, 0.2) is 0 Å². The van der Waals surface area contributed by atoms with Crippen LogP contribution >= 0.6 is 0 Å². The van der Waals surface area contributed by atoms with Crippen LogP contribution in [0.3, 0.4) is 0 Å². The molecule has 1 saturated carbocycles. The van der Waals surface area contributed by atoms with Crippen LogP contribution in [0.1, 0.15) is 34.5 Å². The summed E-state index contributed by atoms with van der Waals surface area (Å²) < 4.78 is 28.1. The molecule has 5 rings (SSSR count). The number of alkyl halides is 2. The fourth-order valence-electron chi connectivity index (χ4n) is 4.36. The number of hydrogen-bond acceptors (Lipinski definition) is 5. The second kappa shape index (κ2) is 9.14. The molecule has 0 atom stereocenters. The number of benzene rings is 1. The van der Waals surface area contributed by atoms with Gasteiger partial charge in [-0.15, -0.1) is 0 Å². The molecule has 3 N–H and O–H groups in total. The van der Waals surface area contributed by atoms with E-state index in [1.807, 2.05) is 31.2 Å². The number of aryl methyl sites for hydroxylation is 1. The van der Waals surface area contributed by atoms with Crippen molar-refractivity contribution in [1.29, 1.82) is 0 Å². The first-order chi connectivity index (χ1) is 17.2. The number of rotatable bonds is 4. The monoisotopic (exact) mass is 493 g/mol. The van der Waals surface area contributed by atoms with Gasteiger partial charge in [0.1, 0.15) is 23.0 Å². The molecule has 1 aliphatic carbocycles. The van der Waals surface area contributed by atoms with E-state index in [4.69, 9.17) is 5.73 Å². The Kier molecular flexibility index (Phi) is 5.99. The fourth-order valence-corrected chi connectivity index (χ4v) is 4.36. The molecule has 2 aliphatic rings. The second-order valence-electron chi connectivity index (χ2n) is 9.07. The molecule has 0 radical (unpaired) electrons. The third kappa shape index (κ3) is 4.68. The van der Waals surface area contributed by atoms with E-state index in [-0.39, 0.29) is 24.2 Å². The van der Waals surface area contributed by atoms with Gasteiger partial charge in [0, 0.05) is 42.8 Å². The Morgan fingerprint density at radius 3 is 2.81 bits per heavy atom. The number of aromatic nitrogens is 2. The third-order valence-electron chi connectivity index (χ3n) is 6.43. The minimum Gasteiger partial charge on any atom is -0.383 e. The SMILES string of the molecule is Cc1ccc(C(N)=NC2=NCCN(C(=O)C3CC(F)(F)C3)C2)cc1NC(=O)c1cnc2ccccn12. The van der Waals surface area contributed by atoms with Crippen LogP contribution in [-0.2, 0) is 4.79 Å². The summed E-state index contributed by atoms with van der Waals surface area (Å²) in [5.41, 5.74) is 9.26. The molecule has 3 aromatic rings. The molecule has 186 valence electrons. The van der Waals surface area contributed by atoms with Crippen LogP contribution < -0.4 is 11.1 Å². The Morgan fingerprint density at radius 2 is 2.03 bits per heavy atom. The number of carbonyl (C=O) groups is 2. The predicted molar refractivity (Wildman–Crippen MR) is 132 cm³/mol. The van der Waals surface area contributed by atoms with E-state index in [9.17, 15) is 18.4 Å². The number of halogens is 2. The number of nitrogens with two attached hydrogens (primary N) is 1. The first-order valence-electron chi connectivity index (χ1n) is 11.6. The van der Waals surface area contributed by atoms with Gasteiger partial charge in [0.25, 0.3) is 5.91 Å². The first-order valence-corrected chi connectivity index (χ1v) is 11.6. The second-order valence-corrected chi connectivity index (χ2v) is 9.07. The number of imidazole rings is 1. The van der Waals surface area contributed by atoms with Gasteiger partial charge in [0.05, 0.1) is 19.3 Å². The number of amidine groups is 2. The van der Waals surface area contributed by atoms with Gasteiger partial charge in [0.2, 0.25) is 11.8 Å². The maximum atomic E-state index is 13.2. The van der Waals surface area contributed by atoms with Crippen molar-refractivity contribution in [3.8, 4) is 0 Å². The van der Waals surface area contributed by atoms with Gasteiger partial charge in [-0.05, 0) is 30.7 Å². The lowest BCUT2D eigenvalue weighted by molar-refractivity contribution is -0.159. The molecule has 11 heteroatoms. The summed E-state index contributed by atoms with van der Waals surface area (Å²) in [7, 11) is 0. The van der Waals surface area contributed by atoms with E-state index >= 15 is 0 Å². The standard InChI is InChI=1S/C25H25F2N7O2/c1-15-5-6-16(10-18(15)31-23(35)19-13-30-21-4-2-3-8-34(19)21)22(28)32-20-14-33(9-7-29-20)24(36)17-11-25(26,27)12-17/h2-6,8,10,13,17H,7,9,11-12,14H2,1H3,(H,31,35)(H2,28,29,32). The largest absolute Gasteiger partial charge is 0.383 e. The summed E-state index contributed by atoms with van der Waals surface area (Å²) in [6, 6.07) is 10.8. The summed E-state index contributed by atoms with van der Waals surface area (Å²) in [5, 5.41) is 2.90. The number of pyridine rings is 1. The Morgan fingerprint density at radius 1 is 1.22 bits per heavy atom. The average molecular weight is 494 g/mol. The molecule has 0 saturated heterocycles. The first kappa shape index (κ1) is 23.6. The van der Waals surface area contributed by atoms with E-state index in [2.05, 4.69) is 20.3 Å². The van der Waals surface area contributed by atoms with Crippen molar-refractivity contribution in [2.45, 2.75) is 25.7 Å². The molecule has 1 aliphatic heterocycles. The highest BCUT2D eigenvalue weighted by atomic mass is 19.3. The number of carbonyl (C=O) groups excluding carboxylic acids is 2. The quantitative estimate of drug-likeness (QED) is 0.429. The molecule has 2 amide bonds. The van der Waals surface area contributed by atoms with Gasteiger partial charge in [-0.1, -0.05) is 18.2 Å². The highest BCUT2D eigenvalue weighted by Gasteiger charge is 2.49. The number of anilines is 1. The Bertz CT molecular complexity index is 1400. The highest BCUT2D eigenvalue weighted by Crippen LogP contribution is 2.43. The van der Waals surface area contributed by atoms with Crippen molar-refractivity contribution in [2.24, 2.45) is 21.6 Å². The van der Waals surface area contributed by atoms with E-state index in [1.54, 1.807) is 22.7 Å². The van der Waals surface area contributed by atoms with Crippen LogP contribution in [0.15, 0.2) is 58.8 Å². The van der Waals surface area contributed by atoms with Gasteiger partial charge in [-0.2, -0.15) is 0 Å². The van der Waals surface area contributed by atoms with Gasteiger partial charge in [-0.3, -0.25) is 19.0 Å². The zero-order valence-electron chi connectivity index (χ0n) is 19.6. The molecule has 1 aromatic carbocycles. The van der Waals surface area contributed by atoms with Crippen molar-refractivity contribution < 1.29 is 18.4 Å². The number of nitrogens with one attached hydrogen (secondary N) is 1. The van der Waals surface area contributed by atoms with E-state index < -0.39 is 24.7 Å². The highest BCUT2D eigenvalue weighted by molar-refractivity contribution is 6.08. The van der Waals surface area contributed by atoms with Gasteiger partial charge >= 0.3 is 0 Å². The smallest absolute Gasteiger partial charge is 0.274 e. The Labute approximate surface area is 205 Å². The molecule has 0 unspecified atom stereocenters. The number of hydrogen-bond donors (Lipinski definition) is 2. The number of aliphatic imine (C=N–C) groups is 2. The maximum absolute atomic E-state index is 13.2. The lowest BCUT2D eigenvalue weighted by atomic mass is 9.80. The summed E-state index contributed by atoms with van der Waals surface area (Å²) in [4.78, 5) is 40.0. The van der Waals surface area contributed by atoms with Gasteiger partial charge < -0.3 is 16.0 Å². The Hall–Kier alpha value is -4.15. The van der Waals surface area contributed by atoms with Crippen molar-refractivity contribution in [3.63, 3.8) is 0 Å². The Balaban J connectivity index is 1.30. The zero-order chi connectivity index (χ0) is 25.4. The van der Waals surface area contributed by atoms with Crippen LogP contribution in [-0.4, -0.2) is 63.3 Å². The molecule has 0 spiro atoms. The molecule has 3 heterocycles.